The molecule has 0 amide bonds. The van der Waals surface area contributed by atoms with Crippen molar-refractivity contribution in [1.29, 1.82) is 0 Å². The highest BCUT2D eigenvalue weighted by Crippen LogP contribution is 2.26. The minimum absolute atomic E-state index is 0.102. The van der Waals surface area contributed by atoms with E-state index in [1.54, 1.807) is 0 Å². The van der Waals surface area contributed by atoms with Crippen LogP contribution in [0.2, 0.25) is 0 Å². The Morgan fingerprint density at radius 1 is 1.45 bits per heavy atom. The van der Waals surface area contributed by atoms with E-state index in [1.165, 1.54) is 11.1 Å². The fourth-order valence-corrected chi connectivity index (χ4v) is 2.55. The summed E-state index contributed by atoms with van der Waals surface area (Å²) in [5.74, 6) is 0.344. The van der Waals surface area contributed by atoms with Crippen LogP contribution in [0, 0.1) is 5.92 Å². The molecule has 4 nitrogen and oxygen atoms in total. The molecule has 1 heterocycles. The number of aliphatic carboxylic acids is 1. The van der Waals surface area contributed by atoms with E-state index in [1.807, 2.05) is 19.9 Å². The van der Waals surface area contributed by atoms with Gasteiger partial charge in [0.1, 0.15) is 11.8 Å². The van der Waals surface area contributed by atoms with Crippen LogP contribution in [0.3, 0.4) is 0 Å². The first-order valence-electron chi connectivity index (χ1n) is 7.28. The van der Waals surface area contributed by atoms with Gasteiger partial charge in [0.15, 0.2) is 0 Å². The van der Waals surface area contributed by atoms with Gasteiger partial charge in [0.2, 0.25) is 0 Å². The second-order valence-electron chi connectivity index (χ2n) is 5.66. The quantitative estimate of drug-likeness (QED) is 0.751. The van der Waals surface area contributed by atoms with Crippen LogP contribution in [0.4, 0.5) is 0 Å². The van der Waals surface area contributed by atoms with Gasteiger partial charge in [0, 0.05) is 6.42 Å². The number of carboxylic acids is 1. The van der Waals surface area contributed by atoms with Crippen molar-refractivity contribution in [3.63, 3.8) is 0 Å². The third-order valence-corrected chi connectivity index (χ3v) is 3.69. The number of rotatable bonds is 7. The van der Waals surface area contributed by atoms with Crippen molar-refractivity contribution in [2.75, 3.05) is 13.2 Å². The molecule has 0 radical (unpaired) electrons. The number of aryl methyl sites for hydroxylation is 1. The van der Waals surface area contributed by atoms with Crippen LogP contribution in [0.1, 0.15) is 31.4 Å². The summed E-state index contributed by atoms with van der Waals surface area (Å²) in [5, 5.41) is 12.2. The molecule has 2 rings (SSSR count). The molecule has 1 aromatic carbocycles. The molecule has 0 saturated carbocycles. The van der Waals surface area contributed by atoms with Gasteiger partial charge in [-0.15, -0.1) is 0 Å². The lowest BCUT2D eigenvalue weighted by Gasteiger charge is -2.17. The summed E-state index contributed by atoms with van der Waals surface area (Å²) in [6, 6.07) is 5.89. The fraction of sp³-hybridized carbons (Fsp3) is 0.562. The Morgan fingerprint density at radius 3 is 2.95 bits per heavy atom. The fourth-order valence-electron chi connectivity index (χ4n) is 2.55. The van der Waals surface area contributed by atoms with Gasteiger partial charge >= 0.3 is 5.97 Å². The van der Waals surface area contributed by atoms with Crippen LogP contribution < -0.4 is 10.1 Å². The lowest BCUT2D eigenvalue weighted by Crippen LogP contribution is -2.41. The maximum Gasteiger partial charge on any atom is 0.320 e. The predicted molar refractivity (Wildman–Crippen MR) is 78.2 cm³/mol. The Morgan fingerprint density at radius 2 is 2.25 bits per heavy atom. The second-order valence-corrected chi connectivity index (χ2v) is 5.66. The Bertz CT molecular complexity index is 471. The average molecular weight is 277 g/mol. The molecule has 1 aromatic rings. The van der Waals surface area contributed by atoms with Gasteiger partial charge < -0.3 is 15.2 Å². The molecule has 1 aliphatic rings. The zero-order chi connectivity index (χ0) is 14.5. The Balaban J connectivity index is 1.77. The number of nitrogens with one attached hydrogen (secondary N) is 1. The van der Waals surface area contributed by atoms with Crippen LogP contribution in [0.15, 0.2) is 18.2 Å². The third kappa shape index (κ3) is 3.73. The van der Waals surface area contributed by atoms with Crippen LogP contribution in [0.25, 0.3) is 0 Å². The molecule has 4 heteroatoms. The van der Waals surface area contributed by atoms with E-state index in [9.17, 15) is 4.79 Å². The van der Waals surface area contributed by atoms with Crippen molar-refractivity contribution in [3.8, 4) is 5.75 Å². The Kier molecular flexibility index (Phi) is 5.01. The molecular weight excluding hydrogens is 254 g/mol. The van der Waals surface area contributed by atoms with E-state index in [2.05, 4.69) is 17.4 Å². The summed E-state index contributed by atoms with van der Waals surface area (Å²) >= 11 is 0. The average Bonchev–Trinajstić information content (AvgIpc) is 2.84. The largest absolute Gasteiger partial charge is 0.493 e. The number of benzene rings is 1. The maximum absolute atomic E-state index is 11.1. The van der Waals surface area contributed by atoms with Gasteiger partial charge in [-0.2, -0.15) is 0 Å². The number of ether oxygens (including phenoxy) is 1. The highest BCUT2D eigenvalue weighted by Gasteiger charge is 2.20. The molecule has 0 spiro atoms. The van der Waals surface area contributed by atoms with Crippen molar-refractivity contribution < 1.29 is 14.6 Å². The normalized spacial score (nSPS) is 14.9. The van der Waals surface area contributed by atoms with Crippen LogP contribution in [-0.4, -0.2) is 30.3 Å². The summed E-state index contributed by atoms with van der Waals surface area (Å²) in [7, 11) is 0. The van der Waals surface area contributed by atoms with Crippen LogP contribution in [-0.2, 0) is 17.6 Å². The molecule has 0 aromatic heterocycles. The van der Waals surface area contributed by atoms with Gasteiger partial charge in [-0.05, 0) is 42.5 Å². The van der Waals surface area contributed by atoms with Gasteiger partial charge in [-0.1, -0.05) is 26.0 Å². The Labute approximate surface area is 120 Å². The molecule has 1 atom stereocenters. The first-order valence-corrected chi connectivity index (χ1v) is 7.28. The van der Waals surface area contributed by atoms with E-state index >= 15 is 0 Å². The van der Waals surface area contributed by atoms with Crippen molar-refractivity contribution in [2.24, 2.45) is 5.92 Å². The maximum atomic E-state index is 11.1. The molecule has 0 bridgehead atoms. The molecular formula is C16H23NO3. The van der Waals surface area contributed by atoms with E-state index in [0.717, 1.165) is 38.2 Å². The first kappa shape index (κ1) is 14.9. The summed E-state index contributed by atoms with van der Waals surface area (Å²) in [6.07, 6.45) is 2.90. The van der Waals surface area contributed by atoms with Crippen LogP contribution >= 0.6 is 0 Å². The molecule has 110 valence electrons. The third-order valence-electron chi connectivity index (χ3n) is 3.69. The summed E-state index contributed by atoms with van der Waals surface area (Å²) in [4.78, 5) is 11.1. The highest BCUT2D eigenvalue weighted by molar-refractivity contribution is 5.73. The molecule has 0 saturated heterocycles. The van der Waals surface area contributed by atoms with Gasteiger partial charge in [0.25, 0.3) is 0 Å². The molecule has 0 fully saturated rings. The highest BCUT2D eigenvalue weighted by atomic mass is 16.5. The summed E-state index contributed by atoms with van der Waals surface area (Å²) in [6.45, 7) is 5.36. The standard InChI is InChI=1S/C16H23NO3/c1-11(2)15(16(18)19)17-8-3-4-12-5-6-14-13(10-12)7-9-20-14/h5-6,10-11,15,17H,3-4,7-9H2,1-2H3,(H,18,19)/t15-/m1/s1. The lowest BCUT2D eigenvalue weighted by atomic mass is 10.0. The van der Waals surface area contributed by atoms with E-state index in [0.29, 0.717) is 0 Å². The zero-order valence-corrected chi connectivity index (χ0v) is 12.2. The SMILES string of the molecule is CC(C)[C@@H](NCCCc1ccc2c(c1)CCO2)C(=O)O. The molecule has 1 aliphatic heterocycles. The number of carbonyl (C=O) groups is 1. The number of hydrogen-bond donors (Lipinski definition) is 2. The minimum atomic E-state index is -0.769. The van der Waals surface area contributed by atoms with E-state index < -0.39 is 12.0 Å². The first-order chi connectivity index (χ1) is 9.58. The Hall–Kier alpha value is -1.55. The van der Waals surface area contributed by atoms with Crippen LogP contribution in [0.5, 0.6) is 5.75 Å². The van der Waals surface area contributed by atoms with Crippen molar-refractivity contribution in [3.05, 3.63) is 29.3 Å². The van der Waals surface area contributed by atoms with E-state index in [4.69, 9.17) is 9.84 Å². The molecule has 0 unspecified atom stereocenters. The summed E-state index contributed by atoms with van der Waals surface area (Å²) in [5.41, 5.74) is 2.59. The minimum Gasteiger partial charge on any atom is -0.493 e. The number of carboxylic acid groups (broad SMARTS) is 1. The number of fused-ring (bicyclic) bond motifs is 1. The zero-order valence-electron chi connectivity index (χ0n) is 12.2. The van der Waals surface area contributed by atoms with Crippen molar-refractivity contribution in [2.45, 2.75) is 39.2 Å². The van der Waals surface area contributed by atoms with E-state index in [-0.39, 0.29) is 5.92 Å². The van der Waals surface area contributed by atoms with Gasteiger partial charge in [-0.25, -0.2) is 0 Å². The molecule has 0 aliphatic carbocycles. The number of hydrogen-bond acceptors (Lipinski definition) is 3. The smallest absolute Gasteiger partial charge is 0.320 e. The predicted octanol–water partition coefficient (Wildman–Crippen LogP) is 2.25. The summed E-state index contributed by atoms with van der Waals surface area (Å²) < 4.78 is 5.49. The lowest BCUT2D eigenvalue weighted by molar-refractivity contribution is -0.140. The monoisotopic (exact) mass is 277 g/mol. The topological polar surface area (TPSA) is 58.6 Å². The van der Waals surface area contributed by atoms with Gasteiger partial charge in [-0.3, -0.25) is 4.79 Å². The molecule has 20 heavy (non-hydrogen) atoms. The molecule has 2 N–H and O–H groups in total. The van der Waals surface area contributed by atoms with Crippen molar-refractivity contribution >= 4 is 5.97 Å². The second kappa shape index (κ2) is 6.75. The van der Waals surface area contributed by atoms with Crippen molar-refractivity contribution in [1.82, 2.24) is 5.32 Å². The van der Waals surface area contributed by atoms with Gasteiger partial charge in [0.05, 0.1) is 6.61 Å².